The van der Waals surface area contributed by atoms with Gasteiger partial charge in [-0.1, -0.05) is 30.3 Å². The molecule has 27 heavy (non-hydrogen) atoms. The van der Waals surface area contributed by atoms with E-state index in [1.807, 2.05) is 30.3 Å². The molecule has 3 aromatic rings. The topological polar surface area (TPSA) is 70.7 Å². The molecule has 1 unspecified atom stereocenters. The Bertz CT molecular complexity index is 868. The van der Waals surface area contributed by atoms with Gasteiger partial charge in [0, 0.05) is 17.0 Å². The number of amides is 1. The molecule has 0 aliphatic carbocycles. The van der Waals surface area contributed by atoms with Gasteiger partial charge in [-0.3, -0.25) is 9.89 Å². The third kappa shape index (κ3) is 5.33. The summed E-state index contributed by atoms with van der Waals surface area (Å²) in [6.07, 6.45) is 1.39. The lowest BCUT2D eigenvalue weighted by atomic mass is 9.98. The van der Waals surface area contributed by atoms with E-state index in [-0.39, 0.29) is 40.6 Å². The number of hydrogen-bond acceptors (Lipinski definition) is 4. The molecule has 2 aromatic carbocycles. The van der Waals surface area contributed by atoms with Crippen LogP contribution in [0, 0.1) is 0 Å². The van der Waals surface area contributed by atoms with E-state index in [9.17, 15) is 18.0 Å². The first kappa shape index (κ1) is 19.0. The van der Waals surface area contributed by atoms with Crippen LogP contribution >= 0.6 is 11.8 Å². The van der Waals surface area contributed by atoms with Gasteiger partial charge in [-0.2, -0.15) is 18.3 Å². The zero-order valence-corrected chi connectivity index (χ0v) is 14.7. The van der Waals surface area contributed by atoms with E-state index >= 15 is 0 Å². The quantitative estimate of drug-likeness (QED) is 0.623. The number of alkyl halides is 3. The maximum atomic E-state index is 12.4. The molecule has 140 valence electrons. The molecule has 1 heterocycles. The summed E-state index contributed by atoms with van der Waals surface area (Å²) >= 11 is -0.216. The van der Waals surface area contributed by atoms with E-state index in [1.54, 1.807) is 0 Å². The summed E-state index contributed by atoms with van der Waals surface area (Å²) in [4.78, 5) is 16.6. The molecule has 1 atom stereocenters. The molecule has 0 radical (unpaired) electrons. The number of benzene rings is 2. The maximum absolute atomic E-state index is 12.4. The van der Waals surface area contributed by atoms with Gasteiger partial charge in [0.25, 0.3) is 5.91 Å². The van der Waals surface area contributed by atoms with E-state index in [0.717, 1.165) is 5.56 Å². The number of nitrogens with zero attached hydrogens (tertiary/aromatic N) is 2. The number of rotatable bonds is 6. The van der Waals surface area contributed by atoms with Gasteiger partial charge in [-0.05, 0) is 41.6 Å². The molecule has 0 aliphatic heterocycles. The fourth-order valence-corrected chi connectivity index (χ4v) is 3.08. The Kier molecular flexibility index (Phi) is 5.80. The van der Waals surface area contributed by atoms with Crippen LogP contribution in [0.2, 0.25) is 0 Å². The Morgan fingerprint density at radius 1 is 1.11 bits per heavy atom. The predicted molar refractivity (Wildman–Crippen MR) is 95.4 cm³/mol. The zero-order chi connectivity index (χ0) is 19.3. The normalized spacial score (nSPS) is 12.6. The number of thioether (sulfide) groups is 1. The summed E-state index contributed by atoms with van der Waals surface area (Å²) in [5, 5.41) is 9.45. The summed E-state index contributed by atoms with van der Waals surface area (Å²) < 4.78 is 37.1. The number of aromatic amines is 1. The molecule has 2 N–H and O–H groups in total. The Morgan fingerprint density at radius 3 is 2.41 bits per heavy atom. The standard InChI is InChI=1S/C18H15F3N4OS/c19-18(20,21)27-14-8-6-13(7-9-14)17(26)22-10-15(16-23-11-24-25-16)12-4-2-1-3-5-12/h1-9,11,15H,10H2,(H,22,26)(H,23,24,25). The minimum Gasteiger partial charge on any atom is -0.351 e. The first-order chi connectivity index (χ1) is 12.9. The average Bonchev–Trinajstić information content (AvgIpc) is 3.16. The molecule has 0 bridgehead atoms. The Morgan fingerprint density at radius 2 is 1.81 bits per heavy atom. The van der Waals surface area contributed by atoms with Crippen LogP contribution in [0.5, 0.6) is 0 Å². The van der Waals surface area contributed by atoms with Crippen molar-refractivity contribution in [2.24, 2.45) is 0 Å². The largest absolute Gasteiger partial charge is 0.446 e. The smallest absolute Gasteiger partial charge is 0.351 e. The van der Waals surface area contributed by atoms with Crippen LogP contribution in [-0.4, -0.2) is 33.1 Å². The van der Waals surface area contributed by atoms with Crippen molar-refractivity contribution in [1.82, 2.24) is 20.5 Å². The lowest BCUT2D eigenvalue weighted by molar-refractivity contribution is -0.0328. The molecule has 1 aromatic heterocycles. The second-order valence-electron chi connectivity index (χ2n) is 5.62. The fraction of sp³-hybridized carbons (Fsp3) is 0.167. The van der Waals surface area contributed by atoms with Crippen molar-refractivity contribution in [1.29, 1.82) is 0 Å². The van der Waals surface area contributed by atoms with E-state index < -0.39 is 5.51 Å². The highest BCUT2D eigenvalue weighted by Crippen LogP contribution is 2.36. The molecule has 0 aliphatic rings. The third-order valence-electron chi connectivity index (χ3n) is 3.78. The van der Waals surface area contributed by atoms with Crippen molar-refractivity contribution in [3.8, 4) is 0 Å². The summed E-state index contributed by atoms with van der Waals surface area (Å²) in [5.41, 5.74) is -3.12. The lowest BCUT2D eigenvalue weighted by Gasteiger charge is -2.16. The van der Waals surface area contributed by atoms with Crippen molar-refractivity contribution in [3.63, 3.8) is 0 Å². The monoisotopic (exact) mass is 392 g/mol. The fourth-order valence-electron chi connectivity index (χ4n) is 2.55. The van der Waals surface area contributed by atoms with Gasteiger partial charge in [-0.15, -0.1) is 0 Å². The first-order valence-electron chi connectivity index (χ1n) is 7.96. The molecular weight excluding hydrogens is 377 g/mol. The van der Waals surface area contributed by atoms with Crippen LogP contribution in [-0.2, 0) is 0 Å². The molecule has 1 amide bonds. The van der Waals surface area contributed by atoms with E-state index in [4.69, 9.17) is 0 Å². The van der Waals surface area contributed by atoms with Crippen molar-refractivity contribution >= 4 is 17.7 Å². The van der Waals surface area contributed by atoms with Crippen LogP contribution in [0.15, 0.2) is 65.8 Å². The van der Waals surface area contributed by atoms with Crippen molar-refractivity contribution in [3.05, 3.63) is 77.9 Å². The van der Waals surface area contributed by atoms with Crippen LogP contribution < -0.4 is 5.32 Å². The highest BCUT2D eigenvalue weighted by Gasteiger charge is 2.29. The molecule has 0 fully saturated rings. The van der Waals surface area contributed by atoms with E-state index in [0.29, 0.717) is 5.82 Å². The number of hydrogen-bond donors (Lipinski definition) is 2. The predicted octanol–water partition coefficient (Wildman–Crippen LogP) is 3.98. The van der Waals surface area contributed by atoms with E-state index in [1.165, 1.54) is 30.6 Å². The minimum atomic E-state index is -4.36. The average molecular weight is 392 g/mol. The first-order valence-corrected chi connectivity index (χ1v) is 8.78. The van der Waals surface area contributed by atoms with Crippen LogP contribution in [0.25, 0.3) is 0 Å². The van der Waals surface area contributed by atoms with Crippen molar-refractivity contribution in [2.75, 3.05) is 6.54 Å². The van der Waals surface area contributed by atoms with Gasteiger partial charge in [0.2, 0.25) is 0 Å². The Balaban J connectivity index is 1.68. The van der Waals surface area contributed by atoms with Gasteiger partial charge in [0.15, 0.2) is 0 Å². The van der Waals surface area contributed by atoms with Crippen LogP contribution in [0.3, 0.4) is 0 Å². The highest BCUT2D eigenvalue weighted by molar-refractivity contribution is 8.00. The molecule has 3 rings (SSSR count). The summed E-state index contributed by atoms with van der Waals surface area (Å²) in [6.45, 7) is 0.261. The van der Waals surface area contributed by atoms with Crippen molar-refractivity contribution in [2.45, 2.75) is 16.3 Å². The minimum absolute atomic E-state index is 0.0304. The van der Waals surface area contributed by atoms with Crippen LogP contribution in [0.1, 0.15) is 27.7 Å². The Hall–Kier alpha value is -2.81. The molecule has 0 saturated carbocycles. The summed E-state index contributed by atoms with van der Waals surface area (Å²) in [5.74, 6) is 0.00939. The van der Waals surface area contributed by atoms with Gasteiger partial charge in [0.1, 0.15) is 12.2 Å². The van der Waals surface area contributed by atoms with Gasteiger partial charge in [-0.25, -0.2) is 4.98 Å². The summed E-state index contributed by atoms with van der Waals surface area (Å²) in [7, 11) is 0. The molecule has 5 nitrogen and oxygen atoms in total. The second kappa shape index (κ2) is 8.26. The number of carbonyl (C=O) groups excluding carboxylic acids is 1. The highest BCUT2D eigenvalue weighted by atomic mass is 32.2. The number of halogens is 3. The van der Waals surface area contributed by atoms with E-state index in [2.05, 4.69) is 20.5 Å². The number of nitrogens with one attached hydrogen (secondary N) is 2. The zero-order valence-electron chi connectivity index (χ0n) is 13.9. The lowest BCUT2D eigenvalue weighted by Crippen LogP contribution is -2.29. The number of H-pyrrole nitrogens is 1. The summed E-state index contributed by atoms with van der Waals surface area (Å²) in [6, 6.07) is 14.8. The van der Waals surface area contributed by atoms with Gasteiger partial charge < -0.3 is 5.32 Å². The second-order valence-corrected chi connectivity index (χ2v) is 6.75. The van der Waals surface area contributed by atoms with Crippen LogP contribution in [0.4, 0.5) is 13.2 Å². The third-order valence-corrected chi connectivity index (χ3v) is 4.52. The molecule has 9 heteroatoms. The molecule has 0 saturated heterocycles. The number of aromatic nitrogens is 3. The number of carbonyl (C=O) groups is 1. The molecule has 0 spiro atoms. The van der Waals surface area contributed by atoms with Gasteiger partial charge in [0.05, 0.1) is 5.92 Å². The molecular formula is C18H15F3N4OS. The van der Waals surface area contributed by atoms with Gasteiger partial charge >= 0.3 is 5.51 Å². The maximum Gasteiger partial charge on any atom is 0.446 e. The van der Waals surface area contributed by atoms with Crippen molar-refractivity contribution < 1.29 is 18.0 Å². The SMILES string of the molecule is O=C(NCC(c1ccccc1)c1ncn[nH]1)c1ccc(SC(F)(F)F)cc1. The Labute approximate surface area is 157 Å².